The van der Waals surface area contributed by atoms with Gasteiger partial charge in [-0.15, -0.1) is 0 Å². The summed E-state index contributed by atoms with van der Waals surface area (Å²) in [4.78, 5) is 17.8. The van der Waals surface area contributed by atoms with Gasteiger partial charge in [-0.1, -0.05) is 0 Å². The van der Waals surface area contributed by atoms with Gasteiger partial charge in [0.1, 0.15) is 12.3 Å². The summed E-state index contributed by atoms with van der Waals surface area (Å²) in [5, 5.41) is 10.2. The number of phenols is 1. The third-order valence-corrected chi connectivity index (χ3v) is 3.75. The summed E-state index contributed by atoms with van der Waals surface area (Å²) < 4.78 is 5.83. The predicted octanol–water partition coefficient (Wildman–Crippen LogP) is 1.36. The summed E-state index contributed by atoms with van der Waals surface area (Å²) in [6.07, 6.45) is 5.03. The Morgan fingerprint density at radius 1 is 1.30 bits per heavy atom. The summed E-state index contributed by atoms with van der Waals surface area (Å²) >= 11 is 0. The maximum atomic E-state index is 12.7. The molecule has 0 aliphatic carbocycles. The summed E-state index contributed by atoms with van der Waals surface area (Å²) in [7, 11) is 3.96. The molecule has 0 saturated heterocycles. The van der Waals surface area contributed by atoms with E-state index in [1.807, 2.05) is 33.2 Å². The minimum atomic E-state index is -0.149. The first-order chi connectivity index (χ1) is 11.0. The van der Waals surface area contributed by atoms with Crippen LogP contribution in [0.3, 0.4) is 0 Å². The number of rotatable bonds is 3. The Morgan fingerprint density at radius 2 is 2.00 bits per heavy atom. The van der Waals surface area contributed by atoms with Crippen LogP contribution in [0.5, 0.6) is 11.5 Å². The number of fused-ring (bicyclic) bond motifs is 1. The van der Waals surface area contributed by atoms with Gasteiger partial charge in [0.25, 0.3) is 0 Å². The van der Waals surface area contributed by atoms with E-state index in [0.29, 0.717) is 23.4 Å². The van der Waals surface area contributed by atoms with Gasteiger partial charge in [0, 0.05) is 12.4 Å². The number of ether oxygens (including phenoxy) is 1. The number of hydrogen-bond donors (Lipinski definition) is 2. The van der Waals surface area contributed by atoms with Crippen LogP contribution in [0.25, 0.3) is 6.08 Å². The van der Waals surface area contributed by atoms with Gasteiger partial charge in [-0.05, 0) is 42.3 Å². The van der Waals surface area contributed by atoms with E-state index in [4.69, 9.17) is 4.74 Å². The van der Waals surface area contributed by atoms with Crippen LogP contribution >= 0.6 is 0 Å². The highest BCUT2D eigenvalue weighted by Gasteiger charge is 2.33. The Bertz CT molecular complexity index is 796. The van der Waals surface area contributed by atoms with E-state index in [1.54, 1.807) is 24.5 Å². The number of carbonyl (C=O) groups is 1. The number of pyridine rings is 1. The fourth-order valence-corrected chi connectivity index (χ4v) is 2.72. The number of Topliss-reactive ketones (excluding diaryl/α,β-unsaturated/α-hetero) is 1. The fourth-order valence-electron chi connectivity index (χ4n) is 2.72. The largest absolute Gasteiger partial charge is 0.507 e. The molecule has 0 bridgehead atoms. The molecule has 0 saturated carbocycles. The molecule has 1 aromatic carbocycles. The number of aryl methyl sites for hydroxylation is 1. The summed E-state index contributed by atoms with van der Waals surface area (Å²) in [6, 6.07) is 5.25. The highest BCUT2D eigenvalue weighted by molar-refractivity contribution is 6.15. The first-order valence-corrected chi connectivity index (χ1v) is 7.46. The molecule has 2 heterocycles. The number of aromatic nitrogens is 1. The van der Waals surface area contributed by atoms with Gasteiger partial charge in [-0.3, -0.25) is 9.78 Å². The highest BCUT2D eigenvalue weighted by atomic mass is 16.5. The molecule has 1 aromatic heterocycles. The average Bonchev–Trinajstić information content (AvgIpc) is 2.82. The number of hydrogen-bond acceptors (Lipinski definition) is 4. The Morgan fingerprint density at radius 3 is 2.65 bits per heavy atom. The number of phenolic OH excluding ortho intramolecular Hbond substituents is 1. The van der Waals surface area contributed by atoms with E-state index in [2.05, 4.69) is 4.98 Å². The van der Waals surface area contributed by atoms with Crippen molar-refractivity contribution in [2.24, 2.45) is 0 Å². The van der Waals surface area contributed by atoms with Gasteiger partial charge in [-0.2, -0.15) is 0 Å². The molecule has 1 aliphatic heterocycles. The number of ketones is 1. The number of carbonyl (C=O) groups excluding carboxylic acids is 1. The van der Waals surface area contributed by atoms with E-state index in [0.717, 1.165) is 16.0 Å². The van der Waals surface area contributed by atoms with E-state index in [1.165, 1.54) is 0 Å². The van der Waals surface area contributed by atoms with Crippen molar-refractivity contribution in [2.75, 3.05) is 14.1 Å². The molecule has 0 atom stereocenters. The van der Waals surface area contributed by atoms with Crippen molar-refractivity contribution in [3.63, 3.8) is 0 Å². The van der Waals surface area contributed by atoms with E-state index >= 15 is 0 Å². The van der Waals surface area contributed by atoms with Crippen molar-refractivity contribution in [1.29, 1.82) is 0 Å². The molecule has 5 nitrogen and oxygen atoms in total. The lowest BCUT2D eigenvalue weighted by atomic mass is 9.99. The highest BCUT2D eigenvalue weighted by Crippen LogP contribution is 2.41. The fraction of sp³-hybridized carbons (Fsp3) is 0.222. The Labute approximate surface area is 134 Å². The van der Waals surface area contributed by atoms with Crippen LogP contribution in [-0.2, 0) is 6.54 Å². The second-order valence-electron chi connectivity index (χ2n) is 6.00. The maximum Gasteiger partial charge on any atom is 0.232 e. The zero-order valence-corrected chi connectivity index (χ0v) is 13.4. The van der Waals surface area contributed by atoms with Crippen LogP contribution in [0.2, 0.25) is 0 Å². The Kier molecular flexibility index (Phi) is 3.88. The molecule has 118 valence electrons. The predicted molar refractivity (Wildman–Crippen MR) is 86.5 cm³/mol. The minimum absolute atomic E-state index is 0.149. The van der Waals surface area contributed by atoms with Crippen molar-refractivity contribution < 1.29 is 19.5 Å². The topological polar surface area (TPSA) is 63.9 Å². The van der Waals surface area contributed by atoms with Crippen molar-refractivity contribution >= 4 is 11.9 Å². The maximum absolute atomic E-state index is 12.7. The van der Waals surface area contributed by atoms with Gasteiger partial charge >= 0.3 is 0 Å². The molecular weight excluding hydrogens is 292 g/mol. The number of nitrogens with zero attached hydrogens (tertiary/aromatic N) is 1. The number of aromatic hydroxyl groups is 1. The number of allylic oxidation sites excluding steroid dienone is 1. The molecule has 0 unspecified atom stereocenters. The molecule has 0 amide bonds. The summed E-state index contributed by atoms with van der Waals surface area (Å²) in [5.74, 6) is 0.772. The zero-order valence-electron chi connectivity index (χ0n) is 13.4. The summed E-state index contributed by atoms with van der Waals surface area (Å²) in [6.45, 7) is 2.38. The van der Waals surface area contributed by atoms with Crippen LogP contribution in [0.4, 0.5) is 0 Å². The lowest BCUT2D eigenvalue weighted by molar-refractivity contribution is -0.872. The second-order valence-corrected chi connectivity index (χ2v) is 6.00. The second kappa shape index (κ2) is 5.85. The molecule has 0 fully saturated rings. The molecule has 3 rings (SSSR count). The normalized spacial score (nSPS) is 15.1. The van der Waals surface area contributed by atoms with Gasteiger partial charge in [-0.25, -0.2) is 0 Å². The van der Waals surface area contributed by atoms with Gasteiger partial charge < -0.3 is 14.7 Å². The van der Waals surface area contributed by atoms with Crippen molar-refractivity contribution in [1.82, 2.24) is 4.98 Å². The number of quaternary nitrogens is 1. The van der Waals surface area contributed by atoms with Crippen LogP contribution in [0, 0.1) is 6.92 Å². The van der Waals surface area contributed by atoms with Crippen molar-refractivity contribution in [3.05, 3.63) is 58.6 Å². The first kappa shape index (κ1) is 15.2. The van der Waals surface area contributed by atoms with Crippen molar-refractivity contribution in [3.8, 4) is 11.5 Å². The smallest absolute Gasteiger partial charge is 0.232 e. The van der Waals surface area contributed by atoms with Crippen LogP contribution in [-0.4, -0.2) is 30.0 Å². The van der Waals surface area contributed by atoms with E-state index in [-0.39, 0.29) is 17.3 Å². The standard InChI is InChI=1S/C18H18N2O3/c1-11-8-14(21)13(10-20(2)3)18-16(11)17(22)15(23-18)9-12-4-6-19-7-5-12/h4-9,21H,10H2,1-3H3/p+1/b15-9-. The van der Waals surface area contributed by atoms with Gasteiger partial charge in [0.2, 0.25) is 5.78 Å². The number of benzene rings is 1. The minimum Gasteiger partial charge on any atom is -0.507 e. The Balaban J connectivity index is 2.08. The third-order valence-electron chi connectivity index (χ3n) is 3.75. The molecule has 23 heavy (non-hydrogen) atoms. The average molecular weight is 311 g/mol. The van der Waals surface area contributed by atoms with Crippen LogP contribution in [0.15, 0.2) is 36.4 Å². The zero-order chi connectivity index (χ0) is 16.6. The number of nitrogens with one attached hydrogen (secondary N) is 1. The molecule has 1 aliphatic rings. The first-order valence-electron chi connectivity index (χ1n) is 7.46. The monoisotopic (exact) mass is 311 g/mol. The molecule has 0 radical (unpaired) electrons. The third kappa shape index (κ3) is 2.83. The molecular formula is C18H19N2O3+. The van der Waals surface area contributed by atoms with Crippen LogP contribution in [0.1, 0.15) is 27.0 Å². The van der Waals surface area contributed by atoms with E-state index < -0.39 is 0 Å². The van der Waals surface area contributed by atoms with E-state index in [9.17, 15) is 9.90 Å². The molecule has 0 spiro atoms. The lowest BCUT2D eigenvalue weighted by Gasteiger charge is -2.13. The van der Waals surface area contributed by atoms with Crippen molar-refractivity contribution in [2.45, 2.75) is 13.5 Å². The lowest BCUT2D eigenvalue weighted by Crippen LogP contribution is -3.04. The summed E-state index contributed by atoms with van der Waals surface area (Å²) in [5.41, 5.74) is 2.77. The molecule has 2 aromatic rings. The molecule has 2 N–H and O–H groups in total. The quantitative estimate of drug-likeness (QED) is 0.840. The van der Waals surface area contributed by atoms with Gasteiger partial charge in [0.05, 0.1) is 25.2 Å². The van der Waals surface area contributed by atoms with Crippen LogP contribution < -0.4 is 9.64 Å². The van der Waals surface area contributed by atoms with Gasteiger partial charge in [0.15, 0.2) is 11.5 Å². The molecule has 5 heteroatoms. The SMILES string of the molecule is Cc1cc(O)c(C[NH+](C)C)c2c1C(=O)/C(=C/c1ccncc1)O2. The Hall–Kier alpha value is -2.66.